The van der Waals surface area contributed by atoms with Gasteiger partial charge >= 0.3 is 6.03 Å². The van der Waals surface area contributed by atoms with Crippen LogP contribution in [-0.2, 0) is 6.54 Å². The van der Waals surface area contributed by atoms with Gasteiger partial charge in [0.1, 0.15) is 5.75 Å². The number of carbonyl (C=O) groups is 1. The van der Waals surface area contributed by atoms with Crippen LogP contribution < -0.4 is 15.6 Å². The third kappa shape index (κ3) is 2.58. The number of rotatable bonds is 3. The molecule has 0 saturated heterocycles. The van der Waals surface area contributed by atoms with Crippen LogP contribution in [0.25, 0.3) is 10.9 Å². The molecule has 2 N–H and O–H groups in total. The molecule has 0 bridgehead atoms. The van der Waals surface area contributed by atoms with Crippen LogP contribution in [0.1, 0.15) is 5.56 Å². The van der Waals surface area contributed by atoms with Gasteiger partial charge in [-0.1, -0.05) is 24.3 Å². The van der Waals surface area contributed by atoms with E-state index in [9.17, 15) is 9.59 Å². The fourth-order valence-electron chi connectivity index (χ4n) is 2.24. The van der Waals surface area contributed by atoms with Gasteiger partial charge in [0.25, 0.3) is 5.56 Å². The van der Waals surface area contributed by atoms with E-state index in [1.807, 2.05) is 24.3 Å². The van der Waals surface area contributed by atoms with Crippen LogP contribution in [0.15, 0.2) is 53.3 Å². The third-order valence-electron chi connectivity index (χ3n) is 3.37. The largest absolute Gasteiger partial charge is 0.497 e. The lowest BCUT2D eigenvalue weighted by molar-refractivity contribution is 0.238. The summed E-state index contributed by atoms with van der Waals surface area (Å²) in [6.45, 7) is 0.303. The van der Waals surface area contributed by atoms with Crippen molar-refractivity contribution in [2.45, 2.75) is 6.54 Å². The Bertz CT molecular complexity index is 879. The molecule has 6 nitrogen and oxygen atoms in total. The van der Waals surface area contributed by atoms with Crippen LogP contribution in [0.5, 0.6) is 5.75 Å². The van der Waals surface area contributed by atoms with Crippen molar-refractivity contribution in [3.8, 4) is 5.75 Å². The van der Waals surface area contributed by atoms with Crippen LogP contribution in [0.3, 0.4) is 0 Å². The minimum atomic E-state index is -0.496. The topological polar surface area (TPSA) is 76.1 Å². The lowest BCUT2D eigenvalue weighted by Crippen LogP contribution is -2.35. The van der Waals surface area contributed by atoms with E-state index in [2.05, 4.69) is 10.4 Å². The van der Waals surface area contributed by atoms with E-state index < -0.39 is 6.03 Å². The Labute approximate surface area is 126 Å². The predicted molar refractivity (Wildman–Crippen MR) is 83.2 cm³/mol. The minimum Gasteiger partial charge on any atom is -0.497 e. The maximum absolute atomic E-state index is 12.2. The number of carbonyl (C=O) groups excluding carboxylic acids is 1. The Morgan fingerprint density at radius 2 is 2.05 bits per heavy atom. The molecule has 0 aliphatic heterocycles. The molecule has 2 aromatic carbocycles. The van der Waals surface area contributed by atoms with Gasteiger partial charge in [-0.15, -0.1) is 0 Å². The Kier molecular flexibility index (Phi) is 3.65. The zero-order valence-corrected chi connectivity index (χ0v) is 12.0. The summed E-state index contributed by atoms with van der Waals surface area (Å²) in [7, 11) is 1.59. The van der Waals surface area contributed by atoms with Crippen LogP contribution in [0.2, 0.25) is 0 Å². The number of fused-ring (bicyclic) bond motifs is 1. The van der Waals surface area contributed by atoms with Gasteiger partial charge in [0.15, 0.2) is 0 Å². The fraction of sp³-hybridized carbons (Fsp3) is 0.125. The van der Waals surface area contributed by atoms with Gasteiger partial charge in [0.2, 0.25) is 0 Å². The highest BCUT2D eigenvalue weighted by Crippen LogP contribution is 2.12. The molecule has 0 radical (unpaired) electrons. The number of amides is 1. The van der Waals surface area contributed by atoms with Crippen molar-refractivity contribution in [2.75, 3.05) is 7.11 Å². The van der Waals surface area contributed by atoms with E-state index in [4.69, 9.17) is 4.74 Å². The second-order valence-corrected chi connectivity index (χ2v) is 4.81. The first-order valence-electron chi connectivity index (χ1n) is 6.80. The van der Waals surface area contributed by atoms with Crippen LogP contribution >= 0.6 is 0 Å². The van der Waals surface area contributed by atoms with Gasteiger partial charge in [-0.3, -0.25) is 9.89 Å². The molecule has 0 spiro atoms. The number of methoxy groups -OCH3 is 1. The molecule has 0 atom stereocenters. The Morgan fingerprint density at radius 1 is 1.23 bits per heavy atom. The summed E-state index contributed by atoms with van der Waals surface area (Å²) < 4.78 is 6.11. The van der Waals surface area contributed by atoms with E-state index in [1.165, 1.54) is 0 Å². The summed E-state index contributed by atoms with van der Waals surface area (Å²) in [5.74, 6) is 0.717. The summed E-state index contributed by atoms with van der Waals surface area (Å²) in [5.41, 5.74) is 1.15. The number of benzene rings is 2. The van der Waals surface area contributed by atoms with Crippen molar-refractivity contribution in [3.05, 3.63) is 64.4 Å². The molecule has 1 heterocycles. The van der Waals surface area contributed by atoms with E-state index in [0.717, 1.165) is 16.0 Å². The smallest absolute Gasteiger partial charge is 0.343 e. The maximum Gasteiger partial charge on any atom is 0.343 e. The zero-order valence-electron chi connectivity index (χ0n) is 12.0. The number of H-pyrrole nitrogens is 1. The average molecular weight is 297 g/mol. The van der Waals surface area contributed by atoms with Crippen molar-refractivity contribution < 1.29 is 9.53 Å². The molecule has 0 aliphatic rings. The number of nitrogens with zero attached hydrogens (tertiary/aromatic N) is 1. The molecule has 3 aromatic rings. The predicted octanol–water partition coefficient (Wildman–Crippen LogP) is 2.10. The van der Waals surface area contributed by atoms with E-state index >= 15 is 0 Å². The van der Waals surface area contributed by atoms with Gasteiger partial charge in [-0.2, -0.15) is 4.68 Å². The second-order valence-electron chi connectivity index (χ2n) is 4.81. The highest BCUT2D eigenvalue weighted by molar-refractivity contribution is 5.84. The van der Waals surface area contributed by atoms with Crippen molar-refractivity contribution in [1.29, 1.82) is 0 Å². The van der Waals surface area contributed by atoms with Crippen molar-refractivity contribution in [3.63, 3.8) is 0 Å². The molecule has 0 unspecified atom stereocenters. The van der Waals surface area contributed by atoms with Crippen molar-refractivity contribution >= 4 is 16.9 Å². The summed E-state index contributed by atoms with van der Waals surface area (Å²) in [6.07, 6.45) is 0. The van der Waals surface area contributed by atoms with Crippen molar-refractivity contribution in [2.24, 2.45) is 0 Å². The lowest BCUT2D eigenvalue weighted by atomic mass is 10.2. The average Bonchev–Trinajstić information content (AvgIpc) is 2.90. The first kappa shape index (κ1) is 13.9. The van der Waals surface area contributed by atoms with Crippen LogP contribution in [0, 0.1) is 0 Å². The third-order valence-corrected chi connectivity index (χ3v) is 3.37. The fourth-order valence-corrected chi connectivity index (χ4v) is 2.24. The standard InChI is InChI=1S/C16H15N3O3/c1-22-12-6-4-5-11(9-12)10-17-16(21)19-15(20)13-7-2-3-8-14(13)18-19/h2-9,18H,10H2,1H3,(H,17,21). The number of ether oxygens (including phenoxy) is 1. The van der Waals surface area contributed by atoms with Crippen LogP contribution in [0.4, 0.5) is 4.79 Å². The molecule has 3 rings (SSSR count). The normalized spacial score (nSPS) is 10.6. The van der Waals surface area contributed by atoms with Gasteiger partial charge in [-0.25, -0.2) is 4.79 Å². The molecule has 112 valence electrons. The molecule has 1 aromatic heterocycles. The number of hydrogen-bond donors (Lipinski definition) is 2. The number of aromatic amines is 1. The summed E-state index contributed by atoms with van der Waals surface area (Å²) in [6, 6.07) is 13.9. The second kappa shape index (κ2) is 5.77. The quantitative estimate of drug-likeness (QED) is 0.777. The van der Waals surface area contributed by atoms with E-state index in [-0.39, 0.29) is 5.56 Å². The monoisotopic (exact) mass is 297 g/mol. The van der Waals surface area contributed by atoms with Gasteiger partial charge in [-0.05, 0) is 29.8 Å². The first-order chi connectivity index (χ1) is 10.7. The zero-order chi connectivity index (χ0) is 15.5. The molecule has 1 amide bonds. The van der Waals surface area contributed by atoms with E-state index in [0.29, 0.717) is 17.4 Å². The highest BCUT2D eigenvalue weighted by atomic mass is 16.5. The number of hydrogen-bond acceptors (Lipinski definition) is 3. The lowest BCUT2D eigenvalue weighted by Gasteiger charge is -2.06. The summed E-state index contributed by atoms with van der Waals surface area (Å²) in [4.78, 5) is 24.3. The van der Waals surface area contributed by atoms with Gasteiger partial charge in [0.05, 0.1) is 18.0 Å². The number of para-hydroxylation sites is 1. The molecule has 22 heavy (non-hydrogen) atoms. The van der Waals surface area contributed by atoms with Crippen LogP contribution in [-0.4, -0.2) is 22.9 Å². The molecular formula is C16H15N3O3. The molecular weight excluding hydrogens is 282 g/mol. The Hall–Kier alpha value is -3.02. The van der Waals surface area contributed by atoms with E-state index in [1.54, 1.807) is 31.4 Å². The number of aromatic nitrogens is 2. The maximum atomic E-state index is 12.2. The molecule has 6 heteroatoms. The van der Waals surface area contributed by atoms with Crippen molar-refractivity contribution in [1.82, 2.24) is 15.1 Å². The molecule has 0 aliphatic carbocycles. The Morgan fingerprint density at radius 3 is 2.82 bits per heavy atom. The summed E-state index contributed by atoms with van der Waals surface area (Å²) in [5, 5.41) is 5.98. The SMILES string of the molecule is COc1cccc(CNC(=O)n2[nH]c3ccccc3c2=O)c1. The number of nitrogens with one attached hydrogen (secondary N) is 2. The first-order valence-corrected chi connectivity index (χ1v) is 6.80. The molecule has 0 fully saturated rings. The minimum absolute atomic E-state index is 0.303. The van der Waals surface area contributed by atoms with Gasteiger partial charge < -0.3 is 10.1 Å². The summed E-state index contributed by atoms with van der Waals surface area (Å²) >= 11 is 0. The Balaban J connectivity index is 1.78. The highest BCUT2D eigenvalue weighted by Gasteiger charge is 2.12. The molecule has 0 saturated carbocycles. The van der Waals surface area contributed by atoms with Gasteiger partial charge in [0, 0.05) is 6.54 Å².